The summed E-state index contributed by atoms with van der Waals surface area (Å²) in [5.41, 5.74) is -0.799. The van der Waals surface area contributed by atoms with E-state index in [1.165, 1.54) is 0 Å². The molecule has 4 heteroatoms. The van der Waals surface area contributed by atoms with E-state index in [1.54, 1.807) is 6.92 Å². The third kappa shape index (κ3) is 4.08. The molecule has 19 heavy (non-hydrogen) atoms. The van der Waals surface area contributed by atoms with Crippen LogP contribution in [0.5, 0.6) is 0 Å². The Hall–Kier alpha value is -1.32. The van der Waals surface area contributed by atoms with Gasteiger partial charge < -0.3 is 10.1 Å². The Balaban J connectivity index is 2.66. The molecule has 0 bridgehead atoms. The van der Waals surface area contributed by atoms with Crippen LogP contribution in [0, 0.1) is 5.92 Å². The molecule has 1 N–H and O–H groups in total. The number of amides is 1. The fraction of sp³-hybridized carbons (Fsp3) is 0.733. The van der Waals surface area contributed by atoms with Crippen molar-refractivity contribution in [3.05, 3.63) is 12.2 Å². The molecule has 2 atom stereocenters. The van der Waals surface area contributed by atoms with Gasteiger partial charge in [0, 0.05) is 12.3 Å². The summed E-state index contributed by atoms with van der Waals surface area (Å²) in [4.78, 5) is 23.8. The molecule has 0 spiro atoms. The van der Waals surface area contributed by atoms with Crippen molar-refractivity contribution in [2.24, 2.45) is 5.92 Å². The summed E-state index contributed by atoms with van der Waals surface area (Å²) in [6, 6.07) is 0. The van der Waals surface area contributed by atoms with Crippen LogP contribution < -0.4 is 5.32 Å². The highest BCUT2D eigenvalue weighted by molar-refractivity contribution is 5.91. The molecule has 1 rings (SSSR count). The summed E-state index contributed by atoms with van der Waals surface area (Å²) in [5.74, 6) is -0.286. The maximum absolute atomic E-state index is 12.0. The molecule has 0 aromatic carbocycles. The predicted molar refractivity (Wildman–Crippen MR) is 74.6 cm³/mol. The van der Waals surface area contributed by atoms with Crippen LogP contribution in [0.3, 0.4) is 0 Å². The summed E-state index contributed by atoms with van der Waals surface area (Å²) in [7, 11) is 0. The number of hydrogen-bond donors (Lipinski definition) is 1. The fourth-order valence-corrected chi connectivity index (χ4v) is 2.18. The molecule has 1 fully saturated rings. The van der Waals surface area contributed by atoms with Crippen molar-refractivity contribution in [1.29, 1.82) is 0 Å². The largest absolute Gasteiger partial charge is 0.464 e. The highest BCUT2D eigenvalue weighted by Gasteiger charge is 2.61. The van der Waals surface area contributed by atoms with Crippen LogP contribution in [-0.2, 0) is 14.3 Å². The van der Waals surface area contributed by atoms with Gasteiger partial charge in [-0.05, 0) is 26.2 Å². The van der Waals surface area contributed by atoms with E-state index in [-0.39, 0.29) is 17.8 Å². The van der Waals surface area contributed by atoms with E-state index in [4.69, 9.17) is 4.74 Å². The lowest BCUT2D eigenvalue weighted by Gasteiger charge is -2.17. The van der Waals surface area contributed by atoms with Crippen molar-refractivity contribution in [3.63, 3.8) is 0 Å². The highest BCUT2D eigenvalue weighted by Crippen LogP contribution is 2.45. The van der Waals surface area contributed by atoms with Crippen molar-refractivity contribution in [2.45, 2.75) is 58.4 Å². The summed E-state index contributed by atoms with van der Waals surface area (Å²) < 4.78 is 5.10. The summed E-state index contributed by atoms with van der Waals surface area (Å²) in [5, 5.41) is 2.87. The lowest BCUT2D eigenvalue weighted by Crippen LogP contribution is -2.45. The molecule has 0 aliphatic heterocycles. The Kier molecular flexibility index (Phi) is 6.06. The van der Waals surface area contributed by atoms with Gasteiger partial charge in [0.05, 0.1) is 6.61 Å². The van der Waals surface area contributed by atoms with Crippen molar-refractivity contribution in [3.8, 4) is 0 Å². The first-order valence-electron chi connectivity index (χ1n) is 7.25. The van der Waals surface area contributed by atoms with Gasteiger partial charge in [-0.25, -0.2) is 4.79 Å². The Morgan fingerprint density at radius 3 is 2.63 bits per heavy atom. The molecular weight excluding hydrogens is 242 g/mol. The second-order valence-corrected chi connectivity index (χ2v) is 5.02. The minimum Gasteiger partial charge on any atom is -0.464 e. The topological polar surface area (TPSA) is 55.4 Å². The number of rotatable bonds is 8. The van der Waals surface area contributed by atoms with E-state index < -0.39 is 5.54 Å². The van der Waals surface area contributed by atoms with Gasteiger partial charge in [0.2, 0.25) is 5.91 Å². The number of ether oxygens (including phenoxy) is 1. The number of carbonyl (C=O) groups is 2. The molecule has 4 nitrogen and oxygen atoms in total. The van der Waals surface area contributed by atoms with Crippen LogP contribution in [0.1, 0.15) is 52.9 Å². The molecule has 0 saturated heterocycles. The number of unbranched alkanes of at least 4 members (excludes halogenated alkanes) is 1. The molecular formula is C15H25NO3. The van der Waals surface area contributed by atoms with E-state index in [2.05, 4.69) is 18.3 Å². The quantitative estimate of drug-likeness (QED) is 0.543. The van der Waals surface area contributed by atoms with Gasteiger partial charge in [0.25, 0.3) is 0 Å². The maximum atomic E-state index is 12.0. The molecule has 0 aromatic rings. The number of hydrogen-bond acceptors (Lipinski definition) is 3. The molecule has 1 saturated carbocycles. The third-order valence-electron chi connectivity index (χ3n) is 3.32. The summed E-state index contributed by atoms with van der Waals surface area (Å²) in [6.07, 6.45) is 8.08. The third-order valence-corrected chi connectivity index (χ3v) is 3.32. The van der Waals surface area contributed by atoms with E-state index in [0.29, 0.717) is 19.4 Å². The minimum atomic E-state index is -0.799. The minimum absolute atomic E-state index is 0.0676. The van der Waals surface area contributed by atoms with Crippen LogP contribution in [0.4, 0.5) is 0 Å². The van der Waals surface area contributed by atoms with E-state index in [1.807, 2.05) is 13.0 Å². The Bertz CT molecular complexity index is 351. The molecule has 1 aliphatic carbocycles. The fourth-order valence-electron chi connectivity index (χ4n) is 2.18. The van der Waals surface area contributed by atoms with Gasteiger partial charge in [-0.15, -0.1) is 0 Å². The van der Waals surface area contributed by atoms with Gasteiger partial charge in [0.15, 0.2) is 0 Å². The average Bonchev–Trinajstić information content (AvgIpc) is 3.04. The second kappa shape index (κ2) is 7.31. The zero-order chi connectivity index (χ0) is 14.3. The number of allylic oxidation sites excluding steroid dienone is 1. The highest BCUT2D eigenvalue weighted by atomic mass is 16.5. The van der Waals surface area contributed by atoms with Gasteiger partial charge in [-0.3, -0.25) is 4.79 Å². The molecule has 0 aromatic heterocycles. The number of nitrogens with one attached hydrogen (secondary N) is 1. The molecule has 0 heterocycles. The van der Waals surface area contributed by atoms with Gasteiger partial charge in [-0.1, -0.05) is 32.4 Å². The lowest BCUT2D eigenvalue weighted by molar-refractivity contribution is -0.149. The zero-order valence-corrected chi connectivity index (χ0v) is 12.2. The van der Waals surface area contributed by atoms with E-state index >= 15 is 0 Å². The van der Waals surface area contributed by atoms with Crippen LogP contribution in [0.2, 0.25) is 0 Å². The SMILES string of the molecule is CCCC=CC1CC1(NC(=O)CCC)C(=O)OCC. The van der Waals surface area contributed by atoms with E-state index in [9.17, 15) is 9.59 Å². The normalized spacial score (nSPS) is 25.3. The van der Waals surface area contributed by atoms with Crippen LogP contribution >= 0.6 is 0 Å². The lowest BCUT2D eigenvalue weighted by atomic mass is 10.1. The van der Waals surface area contributed by atoms with Gasteiger partial charge in [0.1, 0.15) is 5.54 Å². The molecule has 2 unspecified atom stereocenters. The van der Waals surface area contributed by atoms with E-state index in [0.717, 1.165) is 19.3 Å². The maximum Gasteiger partial charge on any atom is 0.332 e. The Morgan fingerprint density at radius 1 is 1.32 bits per heavy atom. The predicted octanol–water partition coefficient (Wildman–Crippen LogP) is 2.58. The first kappa shape index (κ1) is 15.7. The number of carbonyl (C=O) groups excluding carboxylic acids is 2. The van der Waals surface area contributed by atoms with Crippen molar-refractivity contribution in [1.82, 2.24) is 5.32 Å². The van der Waals surface area contributed by atoms with Crippen LogP contribution in [-0.4, -0.2) is 24.0 Å². The summed E-state index contributed by atoms with van der Waals surface area (Å²) >= 11 is 0. The Labute approximate surface area is 115 Å². The first-order valence-corrected chi connectivity index (χ1v) is 7.25. The van der Waals surface area contributed by atoms with Crippen molar-refractivity contribution in [2.75, 3.05) is 6.61 Å². The van der Waals surface area contributed by atoms with Crippen molar-refractivity contribution < 1.29 is 14.3 Å². The monoisotopic (exact) mass is 267 g/mol. The van der Waals surface area contributed by atoms with Crippen LogP contribution in [0.25, 0.3) is 0 Å². The van der Waals surface area contributed by atoms with Crippen LogP contribution in [0.15, 0.2) is 12.2 Å². The smallest absolute Gasteiger partial charge is 0.332 e. The van der Waals surface area contributed by atoms with Gasteiger partial charge in [-0.2, -0.15) is 0 Å². The molecule has 1 amide bonds. The summed E-state index contributed by atoms with van der Waals surface area (Å²) in [6.45, 7) is 6.18. The number of esters is 1. The second-order valence-electron chi connectivity index (χ2n) is 5.02. The average molecular weight is 267 g/mol. The van der Waals surface area contributed by atoms with Gasteiger partial charge >= 0.3 is 5.97 Å². The Morgan fingerprint density at radius 2 is 2.05 bits per heavy atom. The zero-order valence-electron chi connectivity index (χ0n) is 12.2. The first-order chi connectivity index (χ1) is 9.10. The molecule has 0 radical (unpaired) electrons. The molecule has 108 valence electrons. The van der Waals surface area contributed by atoms with Crippen molar-refractivity contribution >= 4 is 11.9 Å². The molecule has 1 aliphatic rings. The standard InChI is InChI=1S/C15H25NO3/c1-4-7-8-10-12-11-15(12,14(18)19-6-3)16-13(17)9-5-2/h8,10,12H,4-7,9,11H2,1-3H3,(H,16,17).